The summed E-state index contributed by atoms with van der Waals surface area (Å²) in [5.74, 6) is -1.14. The summed E-state index contributed by atoms with van der Waals surface area (Å²) < 4.78 is 9.78. The Morgan fingerprint density at radius 1 is 0.850 bits per heavy atom. The summed E-state index contributed by atoms with van der Waals surface area (Å²) in [4.78, 5) is 24.3. The van der Waals surface area contributed by atoms with Gasteiger partial charge < -0.3 is 9.47 Å². The van der Waals surface area contributed by atoms with Gasteiger partial charge in [0.25, 0.3) is 0 Å². The molecule has 20 heavy (non-hydrogen) atoms. The second-order valence-corrected chi connectivity index (χ2v) is 5.68. The van der Waals surface area contributed by atoms with E-state index in [1.165, 1.54) is 14.2 Å². The van der Waals surface area contributed by atoms with Gasteiger partial charge in [0, 0.05) is 22.7 Å². The Kier molecular flexibility index (Phi) is 1.94. The van der Waals surface area contributed by atoms with Crippen molar-refractivity contribution in [1.82, 2.24) is 0 Å². The zero-order valence-electron chi connectivity index (χ0n) is 11.3. The van der Waals surface area contributed by atoms with Crippen LogP contribution >= 0.6 is 0 Å². The molecule has 0 spiro atoms. The number of ether oxygens (including phenoxy) is 2. The van der Waals surface area contributed by atoms with Crippen molar-refractivity contribution in [2.45, 2.75) is 0 Å². The van der Waals surface area contributed by atoms with Crippen LogP contribution in [0.2, 0.25) is 0 Å². The molecule has 2 atom stereocenters. The summed E-state index contributed by atoms with van der Waals surface area (Å²) in [6.45, 7) is 0. The van der Waals surface area contributed by atoms with Gasteiger partial charge in [0.1, 0.15) is 0 Å². The molecular formula is C16H14O4. The lowest BCUT2D eigenvalue weighted by Gasteiger charge is -2.67. The Morgan fingerprint density at radius 3 is 1.45 bits per heavy atom. The van der Waals surface area contributed by atoms with Crippen LogP contribution in [0.25, 0.3) is 0 Å². The van der Waals surface area contributed by atoms with Gasteiger partial charge in [-0.25, -0.2) is 9.59 Å². The molecule has 4 nitrogen and oxygen atoms in total. The van der Waals surface area contributed by atoms with Crippen molar-refractivity contribution in [1.29, 1.82) is 0 Å². The Bertz CT molecular complexity index is 594. The van der Waals surface area contributed by atoms with E-state index in [1.54, 1.807) is 0 Å². The molecule has 5 aliphatic carbocycles. The van der Waals surface area contributed by atoms with Crippen LogP contribution in [0.1, 0.15) is 0 Å². The molecule has 0 saturated heterocycles. The summed E-state index contributed by atoms with van der Waals surface area (Å²) >= 11 is 0. The summed E-state index contributed by atoms with van der Waals surface area (Å²) in [6, 6.07) is 0. The van der Waals surface area contributed by atoms with Crippen molar-refractivity contribution in [3.8, 4) is 0 Å². The fraction of sp³-hybridized carbons (Fsp3) is 0.375. The van der Waals surface area contributed by atoms with Crippen LogP contribution in [0.4, 0.5) is 0 Å². The van der Waals surface area contributed by atoms with E-state index >= 15 is 0 Å². The molecule has 0 N–H and O–H groups in total. The summed E-state index contributed by atoms with van der Waals surface area (Å²) in [5.41, 5.74) is 0.619. The molecule has 0 aromatic rings. The zero-order chi connectivity index (χ0) is 14.1. The number of esters is 2. The molecule has 0 amide bonds. The Hall–Kier alpha value is -2.10. The number of hydrogen-bond donors (Lipinski definition) is 0. The maximum Gasteiger partial charge on any atom is 0.334 e. The molecule has 5 rings (SSSR count). The highest BCUT2D eigenvalue weighted by Crippen LogP contribution is 2.74. The molecule has 5 aliphatic rings. The number of carbonyl (C=O) groups excluding carboxylic acids is 2. The molecule has 102 valence electrons. The van der Waals surface area contributed by atoms with Crippen LogP contribution in [0, 0.1) is 22.7 Å². The van der Waals surface area contributed by atoms with Crippen molar-refractivity contribution < 1.29 is 19.1 Å². The summed E-state index contributed by atoms with van der Waals surface area (Å²) in [7, 11) is 2.68. The normalized spacial score (nSPS) is 41.5. The summed E-state index contributed by atoms with van der Waals surface area (Å²) in [6.07, 6.45) is 12.6. The third-order valence-corrected chi connectivity index (χ3v) is 5.27. The van der Waals surface area contributed by atoms with E-state index in [0.717, 1.165) is 0 Å². The van der Waals surface area contributed by atoms with Crippen LogP contribution in [-0.4, -0.2) is 26.2 Å². The molecule has 2 unspecified atom stereocenters. The fourth-order valence-electron chi connectivity index (χ4n) is 4.24. The maximum atomic E-state index is 12.2. The predicted octanol–water partition coefficient (Wildman–Crippen LogP) is 1.56. The van der Waals surface area contributed by atoms with Gasteiger partial charge in [-0.2, -0.15) is 0 Å². The quantitative estimate of drug-likeness (QED) is 0.564. The number of methoxy groups -OCH3 is 2. The Labute approximate surface area is 116 Å². The van der Waals surface area contributed by atoms with Crippen LogP contribution in [0.5, 0.6) is 0 Å². The van der Waals surface area contributed by atoms with Gasteiger partial charge >= 0.3 is 11.9 Å². The van der Waals surface area contributed by atoms with E-state index in [0.29, 0.717) is 11.1 Å². The number of allylic oxidation sites excluding steroid dienone is 6. The van der Waals surface area contributed by atoms with Gasteiger partial charge in [0.05, 0.1) is 25.4 Å². The molecule has 0 fully saturated rings. The second-order valence-electron chi connectivity index (χ2n) is 5.68. The van der Waals surface area contributed by atoms with Crippen LogP contribution in [0.15, 0.2) is 47.6 Å². The molecule has 0 aliphatic heterocycles. The SMILES string of the molecule is COC(=O)C1=C(C(=O)OC)C2C=CC1C13C=CC21C=C3. The maximum absolute atomic E-state index is 12.2. The van der Waals surface area contributed by atoms with Gasteiger partial charge in [-0.15, -0.1) is 0 Å². The number of rotatable bonds is 2. The zero-order valence-corrected chi connectivity index (χ0v) is 11.3. The van der Waals surface area contributed by atoms with E-state index in [9.17, 15) is 9.59 Å². The molecule has 2 bridgehead atoms. The van der Waals surface area contributed by atoms with Gasteiger partial charge in [0.15, 0.2) is 0 Å². The lowest BCUT2D eigenvalue weighted by atomic mass is 9.34. The minimum Gasteiger partial charge on any atom is -0.466 e. The molecule has 4 heteroatoms. The topological polar surface area (TPSA) is 52.6 Å². The molecule has 0 heterocycles. The van der Waals surface area contributed by atoms with E-state index in [4.69, 9.17) is 9.47 Å². The monoisotopic (exact) mass is 270 g/mol. The third kappa shape index (κ3) is 0.921. The van der Waals surface area contributed by atoms with Crippen molar-refractivity contribution in [2.75, 3.05) is 14.2 Å². The van der Waals surface area contributed by atoms with Crippen molar-refractivity contribution in [3.63, 3.8) is 0 Å². The van der Waals surface area contributed by atoms with E-state index < -0.39 is 11.9 Å². The second kappa shape index (κ2) is 3.32. The highest BCUT2D eigenvalue weighted by atomic mass is 16.5. The van der Waals surface area contributed by atoms with Crippen molar-refractivity contribution in [2.24, 2.45) is 22.7 Å². The minimum absolute atomic E-state index is 0.135. The highest BCUT2D eigenvalue weighted by molar-refractivity contribution is 6.03. The highest BCUT2D eigenvalue weighted by Gasteiger charge is 2.70. The first-order valence-electron chi connectivity index (χ1n) is 6.61. The lowest BCUT2D eigenvalue weighted by molar-refractivity contribution is -0.142. The Balaban J connectivity index is 1.94. The van der Waals surface area contributed by atoms with Crippen LogP contribution in [0.3, 0.4) is 0 Å². The average Bonchev–Trinajstić information content (AvgIpc) is 2.44. The molecule has 0 saturated carbocycles. The number of carbonyl (C=O) groups is 2. The third-order valence-electron chi connectivity index (χ3n) is 5.27. The predicted molar refractivity (Wildman–Crippen MR) is 70.3 cm³/mol. The summed E-state index contributed by atoms with van der Waals surface area (Å²) in [5, 5.41) is 0. The number of hydrogen-bond acceptors (Lipinski definition) is 4. The van der Waals surface area contributed by atoms with E-state index in [1.807, 2.05) is 12.2 Å². The molecular weight excluding hydrogens is 256 g/mol. The van der Waals surface area contributed by atoms with Gasteiger partial charge in [0.2, 0.25) is 0 Å². The first kappa shape index (κ1) is 11.7. The molecule has 0 radical (unpaired) electrons. The van der Waals surface area contributed by atoms with E-state index in [-0.39, 0.29) is 22.7 Å². The van der Waals surface area contributed by atoms with E-state index in [2.05, 4.69) is 24.3 Å². The first-order chi connectivity index (χ1) is 9.61. The van der Waals surface area contributed by atoms with Crippen molar-refractivity contribution in [3.05, 3.63) is 47.6 Å². The van der Waals surface area contributed by atoms with Crippen LogP contribution < -0.4 is 0 Å². The minimum atomic E-state index is -0.437. The molecule has 0 aromatic carbocycles. The van der Waals surface area contributed by atoms with Gasteiger partial charge in [-0.05, 0) is 0 Å². The Morgan fingerprint density at radius 2 is 1.20 bits per heavy atom. The molecule has 0 aromatic heterocycles. The van der Waals surface area contributed by atoms with Crippen LogP contribution in [-0.2, 0) is 19.1 Å². The lowest BCUT2D eigenvalue weighted by Crippen LogP contribution is -2.63. The smallest absolute Gasteiger partial charge is 0.334 e. The fourth-order valence-corrected chi connectivity index (χ4v) is 4.24. The largest absolute Gasteiger partial charge is 0.466 e. The average molecular weight is 270 g/mol. The standard InChI is InChI=1S/C16H14O4/c1-19-13(17)11-9-3-4-10(12(11)14(18)20-2)16-7-5-15(9,16)6-8-16/h3-10H,1-2H3. The first-order valence-corrected chi connectivity index (χ1v) is 6.61. The van der Waals surface area contributed by atoms with Gasteiger partial charge in [-0.1, -0.05) is 36.5 Å². The van der Waals surface area contributed by atoms with Crippen molar-refractivity contribution >= 4 is 11.9 Å². The van der Waals surface area contributed by atoms with Gasteiger partial charge in [-0.3, -0.25) is 0 Å².